The van der Waals surface area contributed by atoms with Gasteiger partial charge in [-0.05, 0) is 44.2 Å². The number of nitrogens with zero attached hydrogens (tertiary/aromatic N) is 2. The number of benzene rings is 1. The molecule has 1 aromatic heterocycles. The van der Waals surface area contributed by atoms with Gasteiger partial charge in [-0.25, -0.2) is 4.98 Å². The third-order valence-corrected chi connectivity index (χ3v) is 5.80. The van der Waals surface area contributed by atoms with Crippen molar-refractivity contribution < 1.29 is 4.79 Å². The van der Waals surface area contributed by atoms with Crippen LogP contribution in [-0.4, -0.2) is 27.3 Å². The van der Waals surface area contributed by atoms with Crippen LogP contribution >= 0.6 is 11.8 Å². The van der Waals surface area contributed by atoms with Crippen LogP contribution in [0.5, 0.6) is 0 Å². The van der Waals surface area contributed by atoms with Gasteiger partial charge in [0.05, 0.1) is 16.7 Å². The van der Waals surface area contributed by atoms with Gasteiger partial charge in [0.15, 0.2) is 5.16 Å². The number of nitrogens with one attached hydrogen (secondary N) is 1. The summed E-state index contributed by atoms with van der Waals surface area (Å²) in [4.78, 5) is 29.8. The Bertz CT molecular complexity index is 858. The first-order chi connectivity index (χ1) is 13.0. The largest absolute Gasteiger partial charge is 0.353 e. The van der Waals surface area contributed by atoms with Crippen molar-refractivity contribution in [3.05, 3.63) is 34.6 Å². The summed E-state index contributed by atoms with van der Waals surface area (Å²) in [6, 6.07) is 7.83. The van der Waals surface area contributed by atoms with Gasteiger partial charge in [0.2, 0.25) is 5.91 Å². The highest BCUT2D eigenvalue weighted by molar-refractivity contribution is 7.99. The van der Waals surface area contributed by atoms with Crippen molar-refractivity contribution in [2.45, 2.75) is 70.1 Å². The Hall–Kier alpha value is -1.82. The molecule has 1 amide bonds. The van der Waals surface area contributed by atoms with Crippen LogP contribution in [0.2, 0.25) is 0 Å². The van der Waals surface area contributed by atoms with E-state index in [0.29, 0.717) is 22.0 Å². The Kier molecular flexibility index (Phi) is 6.58. The van der Waals surface area contributed by atoms with Crippen LogP contribution in [0.25, 0.3) is 10.9 Å². The maximum absolute atomic E-state index is 12.8. The third kappa shape index (κ3) is 5.34. The molecule has 2 aromatic rings. The lowest BCUT2D eigenvalue weighted by molar-refractivity contribution is -0.119. The van der Waals surface area contributed by atoms with Crippen LogP contribution in [0.3, 0.4) is 0 Å². The monoisotopic (exact) mass is 387 g/mol. The Labute approximate surface area is 164 Å². The van der Waals surface area contributed by atoms with Gasteiger partial charge >= 0.3 is 0 Å². The van der Waals surface area contributed by atoms with E-state index in [1.165, 1.54) is 18.2 Å². The molecule has 0 bridgehead atoms. The first-order valence-corrected chi connectivity index (χ1v) is 10.9. The van der Waals surface area contributed by atoms with Crippen molar-refractivity contribution in [1.29, 1.82) is 0 Å². The SMILES string of the molecule is CC(C)CCC[C@@H](C)NC(=O)CSc1nc2ccccc2c(=O)n1C1CC1. The van der Waals surface area contributed by atoms with E-state index in [0.717, 1.165) is 25.7 Å². The van der Waals surface area contributed by atoms with E-state index in [4.69, 9.17) is 0 Å². The van der Waals surface area contributed by atoms with Crippen molar-refractivity contribution in [1.82, 2.24) is 14.9 Å². The van der Waals surface area contributed by atoms with Gasteiger partial charge in [-0.1, -0.05) is 50.6 Å². The predicted molar refractivity (Wildman–Crippen MR) is 111 cm³/mol. The van der Waals surface area contributed by atoms with Crippen LogP contribution in [0.1, 0.15) is 58.9 Å². The second-order valence-electron chi connectivity index (χ2n) is 7.90. The molecular weight excluding hydrogens is 358 g/mol. The standard InChI is InChI=1S/C21H29N3O2S/c1-14(2)7-6-8-15(3)22-19(25)13-27-21-23-18-10-5-4-9-17(18)20(26)24(21)16-11-12-16/h4-5,9-10,14-16H,6-8,11-13H2,1-3H3,(H,22,25)/t15-/m1/s1. The Morgan fingerprint density at radius 1 is 1.26 bits per heavy atom. The summed E-state index contributed by atoms with van der Waals surface area (Å²) < 4.78 is 1.78. The van der Waals surface area contributed by atoms with Crippen LogP contribution in [-0.2, 0) is 4.79 Å². The molecule has 27 heavy (non-hydrogen) atoms. The lowest BCUT2D eigenvalue weighted by Crippen LogP contribution is -2.34. The van der Waals surface area contributed by atoms with Gasteiger partial charge in [-0.15, -0.1) is 0 Å². The second kappa shape index (κ2) is 8.91. The van der Waals surface area contributed by atoms with E-state index < -0.39 is 0 Å². The highest BCUT2D eigenvalue weighted by Gasteiger charge is 2.28. The summed E-state index contributed by atoms with van der Waals surface area (Å²) in [6.07, 6.45) is 5.32. The van der Waals surface area contributed by atoms with Crippen LogP contribution < -0.4 is 10.9 Å². The fourth-order valence-electron chi connectivity index (χ4n) is 3.23. The highest BCUT2D eigenvalue weighted by Crippen LogP contribution is 2.36. The first-order valence-electron chi connectivity index (χ1n) is 9.89. The van der Waals surface area contributed by atoms with E-state index in [-0.39, 0.29) is 29.3 Å². The molecule has 3 rings (SSSR count). The number of hydrogen-bond acceptors (Lipinski definition) is 4. The molecule has 1 atom stereocenters. The summed E-state index contributed by atoms with van der Waals surface area (Å²) in [5, 5.41) is 4.37. The minimum absolute atomic E-state index is 0.00167. The Morgan fingerprint density at radius 3 is 2.70 bits per heavy atom. The number of amides is 1. The quantitative estimate of drug-likeness (QED) is 0.518. The van der Waals surface area contributed by atoms with Crippen molar-refractivity contribution in [2.24, 2.45) is 5.92 Å². The van der Waals surface area contributed by atoms with Gasteiger partial charge in [-0.2, -0.15) is 0 Å². The fourth-order valence-corrected chi connectivity index (χ4v) is 4.11. The molecule has 1 N–H and O–H groups in total. The number of hydrogen-bond donors (Lipinski definition) is 1. The van der Waals surface area contributed by atoms with Gasteiger partial charge in [0.1, 0.15) is 0 Å². The number of fused-ring (bicyclic) bond motifs is 1. The Balaban J connectivity index is 1.64. The van der Waals surface area contributed by atoms with Crippen LogP contribution in [0.4, 0.5) is 0 Å². The molecule has 1 aliphatic rings. The average molecular weight is 388 g/mol. The topological polar surface area (TPSA) is 64.0 Å². The highest BCUT2D eigenvalue weighted by atomic mass is 32.2. The zero-order valence-electron chi connectivity index (χ0n) is 16.4. The molecule has 1 aromatic carbocycles. The molecular formula is C21H29N3O2S. The minimum atomic E-state index is 0.00167. The van der Waals surface area contributed by atoms with E-state index in [2.05, 4.69) is 31.1 Å². The molecule has 146 valence electrons. The zero-order valence-corrected chi connectivity index (χ0v) is 17.2. The van der Waals surface area contributed by atoms with Crippen LogP contribution in [0, 0.1) is 5.92 Å². The molecule has 1 heterocycles. The smallest absolute Gasteiger partial charge is 0.262 e. The molecule has 1 aliphatic carbocycles. The fraction of sp³-hybridized carbons (Fsp3) is 0.571. The molecule has 0 aliphatic heterocycles. The lowest BCUT2D eigenvalue weighted by atomic mass is 10.0. The lowest BCUT2D eigenvalue weighted by Gasteiger charge is -2.15. The molecule has 1 fully saturated rings. The molecule has 0 unspecified atom stereocenters. The number of para-hydroxylation sites is 1. The van der Waals surface area contributed by atoms with E-state index in [1.807, 2.05) is 24.3 Å². The van der Waals surface area contributed by atoms with Gasteiger partial charge in [0, 0.05) is 12.1 Å². The number of carbonyl (C=O) groups excluding carboxylic acids is 1. The number of rotatable bonds is 9. The summed E-state index contributed by atoms with van der Waals surface area (Å²) in [6.45, 7) is 6.49. The molecule has 0 saturated heterocycles. The zero-order chi connectivity index (χ0) is 19.4. The molecule has 0 spiro atoms. The summed E-state index contributed by atoms with van der Waals surface area (Å²) in [7, 11) is 0. The average Bonchev–Trinajstić information content (AvgIpc) is 3.44. The van der Waals surface area contributed by atoms with Gasteiger partial charge < -0.3 is 5.32 Å². The molecule has 5 nitrogen and oxygen atoms in total. The van der Waals surface area contributed by atoms with Crippen molar-refractivity contribution in [2.75, 3.05) is 5.75 Å². The minimum Gasteiger partial charge on any atom is -0.353 e. The van der Waals surface area contributed by atoms with Gasteiger partial charge in [-0.3, -0.25) is 14.2 Å². The molecule has 0 radical (unpaired) electrons. The van der Waals surface area contributed by atoms with Gasteiger partial charge in [0.25, 0.3) is 5.56 Å². The second-order valence-corrected chi connectivity index (χ2v) is 8.84. The van der Waals surface area contributed by atoms with Crippen LogP contribution in [0.15, 0.2) is 34.2 Å². The third-order valence-electron chi connectivity index (χ3n) is 4.85. The molecule has 6 heteroatoms. The number of carbonyl (C=O) groups is 1. The van der Waals surface area contributed by atoms with Crippen molar-refractivity contribution in [3.8, 4) is 0 Å². The number of aromatic nitrogens is 2. The van der Waals surface area contributed by atoms with E-state index >= 15 is 0 Å². The number of thioether (sulfide) groups is 1. The summed E-state index contributed by atoms with van der Waals surface area (Å²) in [5.74, 6) is 0.981. The van der Waals surface area contributed by atoms with Crippen molar-refractivity contribution >= 4 is 28.6 Å². The summed E-state index contributed by atoms with van der Waals surface area (Å²) >= 11 is 1.36. The maximum atomic E-state index is 12.8. The maximum Gasteiger partial charge on any atom is 0.262 e. The first kappa shape index (κ1) is 19.9. The van der Waals surface area contributed by atoms with E-state index in [1.54, 1.807) is 4.57 Å². The predicted octanol–water partition coefficient (Wildman–Crippen LogP) is 4.15. The van der Waals surface area contributed by atoms with E-state index in [9.17, 15) is 9.59 Å². The summed E-state index contributed by atoms with van der Waals surface area (Å²) in [5.41, 5.74) is 0.706. The molecule has 1 saturated carbocycles. The van der Waals surface area contributed by atoms with Crippen molar-refractivity contribution in [3.63, 3.8) is 0 Å². The Morgan fingerprint density at radius 2 is 2.00 bits per heavy atom. The normalized spacial score (nSPS) is 15.3.